The molecule has 11 nitrogen and oxygen atoms in total. The minimum absolute atomic E-state index is 0.0500. The largest absolute Gasteiger partial charge is 0.487 e. The number of ether oxygens (including phenoxy) is 2. The van der Waals surface area contributed by atoms with E-state index in [4.69, 9.17) is 19.4 Å². The van der Waals surface area contributed by atoms with Gasteiger partial charge in [-0.3, -0.25) is 4.79 Å². The van der Waals surface area contributed by atoms with Gasteiger partial charge in [0.15, 0.2) is 5.75 Å². The van der Waals surface area contributed by atoms with E-state index in [0.717, 1.165) is 42.4 Å². The molecule has 2 aromatic heterocycles. The Hall–Kier alpha value is -4.58. The number of nitrogens with one attached hydrogen (secondary N) is 1. The number of hydrogen-bond donors (Lipinski definition) is 1. The zero-order chi connectivity index (χ0) is 34.8. The number of aromatic nitrogens is 4. The van der Waals surface area contributed by atoms with Gasteiger partial charge in [-0.2, -0.15) is 4.98 Å². The highest BCUT2D eigenvalue weighted by molar-refractivity contribution is 7.92. The van der Waals surface area contributed by atoms with Crippen molar-refractivity contribution < 1.29 is 22.7 Å². The van der Waals surface area contributed by atoms with Gasteiger partial charge in [0.05, 0.1) is 40.7 Å². The zero-order valence-corrected chi connectivity index (χ0v) is 29.6. The zero-order valence-electron chi connectivity index (χ0n) is 28.8. The molecule has 4 aromatic rings. The molecule has 260 valence electrons. The van der Waals surface area contributed by atoms with Crippen LogP contribution in [-0.4, -0.2) is 63.5 Å². The highest BCUT2D eigenvalue weighted by Gasteiger charge is 2.71. The van der Waals surface area contributed by atoms with Crippen LogP contribution in [0, 0.1) is 25.7 Å². The summed E-state index contributed by atoms with van der Waals surface area (Å²) in [5.74, 6) is 1.79. The van der Waals surface area contributed by atoms with Crippen LogP contribution in [0.5, 0.6) is 11.6 Å². The molecule has 4 fully saturated rings. The first kappa shape index (κ1) is 32.6. The fraction of sp³-hybridized carbons (Fsp3) is 0.447. The lowest BCUT2D eigenvalue weighted by Gasteiger charge is -2.72. The average molecular weight is 695 g/mol. The van der Waals surface area contributed by atoms with Crippen LogP contribution in [0.1, 0.15) is 85.6 Å². The highest BCUT2D eigenvalue weighted by atomic mass is 32.2. The molecule has 0 spiro atoms. The summed E-state index contributed by atoms with van der Waals surface area (Å²) in [6.45, 7) is 8.40. The second-order valence-electron chi connectivity index (χ2n) is 14.8. The van der Waals surface area contributed by atoms with Gasteiger partial charge in [0.25, 0.3) is 15.9 Å². The summed E-state index contributed by atoms with van der Waals surface area (Å²) >= 11 is 0. The van der Waals surface area contributed by atoms with E-state index in [1.165, 1.54) is 18.6 Å². The van der Waals surface area contributed by atoms with Crippen molar-refractivity contribution in [3.05, 3.63) is 83.4 Å². The van der Waals surface area contributed by atoms with E-state index in [9.17, 15) is 13.2 Å². The quantitative estimate of drug-likeness (QED) is 0.231. The molecule has 4 aliphatic carbocycles. The molecule has 9 rings (SSSR count). The van der Waals surface area contributed by atoms with Crippen molar-refractivity contribution in [2.45, 2.75) is 94.7 Å². The predicted molar refractivity (Wildman–Crippen MR) is 188 cm³/mol. The number of anilines is 1. The third-order valence-electron chi connectivity index (χ3n) is 10.9. The van der Waals surface area contributed by atoms with Crippen LogP contribution in [0.15, 0.2) is 65.8 Å². The van der Waals surface area contributed by atoms with Gasteiger partial charge in [-0.25, -0.2) is 28.1 Å². The first-order valence-electron chi connectivity index (χ1n) is 17.5. The summed E-state index contributed by atoms with van der Waals surface area (Å²) in [5, 5.41) is 0. The second-order valence-corrected chi connectivity index (χ2v) is 16.5. The van der Waals surface area contributed by atoms with E-state index >= 15 is 0 Å². The number of amides is 1. The van der Waals surface area contributed by atoms with Crippen LogP contribution < -0.4 is 14.2 Å². The summed E-state index contributed by atoms with van der Waals surface area (Å²) in [4.78, 5) is 35.5. The van der Waals surface area contributed by atoms with Gasteiger partial charge < -0.3 is 14.4 Å². The lowest BCUT2D eigenvalue weighted by Crippen LogP contribution is -2.77. The smallest absolute Gasteiger partial charge is 0.264 e. The van der Waals surface area contributed by atoms with Crippen LogP contribution >= 0.6 is 0 Å². The number of fused-ring (bicyclic) bond motifs is 4. The molecule has 2 aromatic carbocycles. The summed E-state index contributed by atoms with van der Waals surface area (Å²) in [6.07, 6.45) is 9.31. The summed E-state index contributed by atoms with van der Waals surface area (Å²) in [7, 11) is -4.17. The van der Waals surface area contributed by atoms with Gasteiger partial charge in [0.2, 0.25) is 11.8 Å². The molecule has 2 atom stereocenters. The van der Waals surface area contributed by atoms with Gasteiger partial charge >= 0.3 is 0 Å². The maximum atomic E-state index is 14.8. The van der Waals surface area contributed by atoms with Crippen LogP contribution in [0.3, 0.4) is 0 Å². The molecule has 12 heteroatoms. The number of sulfonamides is 1. The number of aryl methyl sites for hydroxylation is 2. The van der Waals surface area contributed by atoms with Crippen molar-refractivity contribution in [3.8, 4) is 22.9 Å². The third kappa shape index (κ3) is 5.67. The van der Waals surface area contributed by atoms with Crippen LogP contribution in [0.25, 0.3) is 11.3 Å². The standard InChI is InChI=1S/C38H42N6O5S/c1-22(2)14-27-21-48-32-16-31(33-23(3)8-5-9-24(33)4)41-37(42-32)43-50(46,47)30-13-6-10-25(15-30)36(45)44(27)38-17-26(18-38)34(38)35-39-19-29(20-40-35)49-28-11-7-12-28/h5-6,8-10,13,15-16,19-20,22,26-28,34H,7,11-12,14,17-18,21H2,1-4H3,(H,41,42,43)/t26?,27-,34?,38?/m1/s1. The van der Waals surface area contributed by atoms with E-state index in [-0.39, 0.29) is 53.2 Å². The fourth-order valence-corrected chi connectivity index (χ4v) is 9.18. The topological polar surface area (TPSA) is 136 Å². The van der Waals surface area contributed by atoms with Crippen molar-refractivity contribution in [1.82, 2.24) is 24.8 Å². The molecular weight excluding hydrogens is 653 g/mol. The fourth-order valence-electron chi connectivity index (χ4n) is 8.19. The summed E-state index contributed by atoms with van der Waals surface area (Å²) < 4.78 is 42.7. The van der Waals surface area contributed by atoms with Crippen LogP contribution in [-0.2, 0) is 10.0 Å². The van der Waals surface area contributed by atoms with Crippen molar-refractivity contribution in [2.75, 3.05) is 11.3 Å². The molecule has 1 amide bonds. The van der Waals surface area contributed by atoms with Gasteiger partial charge in [-0.05, 0) is 93.5 Å². The number of benzene rings is 2. The molecule has 0 radical (unpaired) electrons. The van der Waals surface area contributed by atoms with Crippen molar-refractivity contribution in [1.29, 1.82) is 0 Å². The Morgan fingerprint density at radius 1 is 1.02 bits per heavy atom. The molecule has 50 heavy (non-hydrogen) atoms. The Kier molecular flexibility index (Phi) is 8.04. The summed E-state index contributed by atoms with van der Waals surface area (Å²) in [5.41, 5.74) is 3.16. The third-order valence-corrected chi connectivity index (χ3v) is 12.2. The Morgan fingerprint density at radius 3 is 2.38 bits per heavy atom. The minimum atomic E-state index is -4.17. The molecule has 0 saturated heterocycles. The molecule has 4 saturated carbocycles. The van der Waals surface area contributed by atoms with Gasteiger partial charge in [0.1, 0.15) is 12.4 Å². The molecular formula is C38H42N6O5S. The van der Waals surface area contributed by atoms with Crippen molar-refractivity contribution >= 4 is 21.9 Å². The molecule has 1 unspecified atom stereocenters. The Bertz CT molecular complexity index is 2040. The van der Waals surface area contributed by atoms with Crippen LogP contribution in [0.2, 0.25) is 0 Å². The molecule has 5 aliphatic rings. The van der Waals surface area contributed by atoms with Crippen LogP contribution in [0.4, 0.5) is 5.95 Å². The number of carbonyl (C=O) groups is 1. The monoisotopic (exact) mass is 694 g/mol. The first-order chi connectivity index (χ1) is 24.0. The molecule has 3 heterocycles. The highest BCUT2D eigenvalue weighted by Crippen LogP contribution is 2.69. The average Bonchev–Trinajstić information content (AvgIpc) is 3.02. The number of rotatable bonds is 7. The van der Waals surface area contributed by atoms with Crippen molar-refractivity contribution in [2.24, 2.45) is 11.8 Å². The van der Waals surface area contributed by atoms with Gasteiger partial charge in [-0.1, -0.05) is 38.1 Å². The Balaban J connectivity index is 1.21. The number of carbonyl (C=O) groups excluding carboxylic acids is 1. The lowest BCUT2D eigenvalue weighted by molar-refractivity contribution is -0.172. The van der Waals surface area contributed by atoms with E-state index < -0.39 is 15.6 Å². The number of hydrogen-bond acceptors (Lipinski definition) is 9. The van der Waals surface area contributed by atoms with E-state index in [2.05, 4.69) is 28.5 Å². The summed E-state index contributed by atoms with van der Waals surface area (Å²) in [6, 6.07) is 13.6. The normalized spacial score (nSPS) is 25.4. The van der Waals surface area contributed by atoms with Crippen molar-refractivity contribution in [3.63, 3.8) is 0 Å². The van der Waals surface area contributed by atoms with Gasteiger partial charge in [-0.15, -0.1) is 0 Å². The maximum Gasteiger partial charge on any atom is 0.264 e. The Morgan fingerprint density at radius 2 is 1.74 bits per heavy atom. The lowest BCUT2D eigenvalue weighted by atomic mass is 9.41. The van der Waals surface area contributed by atoms with E-state index in [1.807, 2.05) is 36.9 Å². The van der Waals surface area contributed by atoms with E-state index in [1.54, 1.807) is 30.6 Å². The molecule has 1 aliphatic heterocycles. The molecule has 1 N–H and O–H groups in total. The SMILES string of the molecule is Cc1cccc(C)c1-c1cc2nc(n1)NS(=O)(=O)c1cccc(c1)C(=O)N(C13CC(C1)C3c1ncc(OC3CCC3)cn1)[C@H](CC(C)C)CO2. The Labute approximate surface area is 292 Å². The molecule has 6 bridgehead atoms. The van der Waals surface area contributed by atoms with Gasteiger partial charge in [0, 0.05) is 23.1 Å². The number of nitrogens with zero attached hydrogens (tertiary/aromatic N) is 5. The second kappa shape index (κ2) is 12.3. The van der Waals surface area contributed by atoms with E-state index in [0.29, 0.717) is 35.2 Å². The predicted octanol–water partition coefficient (Wildman–Crippen LogP) is 6.48. The maximum absolute atomic E-state index is 14.8. The first-order valence-corrected chi connectivity index (χ1v) is 19.0. The minimum Gasteiger partial charge on any atom is -0.487 e.